The number of benzene rings is 1. The summed E-state index contributed by atoms with van der Waals surface area (Å²) < 4.78 is 4.99. The number of anilines is 1. The van der Waals surface area contributed by atoms with Crippen LogP contribution in [0.25, 0.3) is 0 Å². The van der Waals surface area contributed by atoms with Gasteiger partial charge in [-0.15, -0.1) is 0 Å². The lowest BCUT2D eigenvalue weighted by atomic mass is 9.97. The Morgan fingerprint density at radius 1 is 1.35 bits per heavy atom. The summed E-state index contributed by atoms with van der Waals surface area (Å²) in [4.78, 5) is 23.1. The van der Waals surface area contributed by atoms with Gasteiger partial charge in [0.1, 0.15) is 6.10 Å². The number of carbonyl (C=O) groups excluding carboxylic acids is 2. The molecule has 1 aliphatic rings. The third kappa shape index (κ3) is 3.17. The zero-order valence-electron chi connectivity index (χ0n) is 12.0. The molecule has 1 aromatic carbocycles. The van der Waals surface area contributed by atoms with E-state index in [4.69, 9.17) is 4.74 Å². The minimum absolute atomic E-state index is 0.0560. The summed E-state index contributed by atoms with van der Waals surface area (Å²) in [5, 5.41) is 5.76. The number of carbonyl (C=O) groups is 2. The fourth-order valence-corrected chi connectivity index (χ4v) is 2.19. The molecular weight excluding hydrogens is 256 g/mol. The number of fused-ring (bicyclic) bond motifs is 1. The van der Waals surface area contributed by atoms with E-state index in [2.05, 4.69) is 10.6 Å². The van der Waals surface area contributed by atoms with Crippen molar-refractivity contribution in [3.05, 3.63) is 29.3 Å². The Morgan fingerprint density at radius 3 is 2.80 bits per heavy atom. The van der Waals surface area contributed by atoms with Crippen molar-refractivity contribution in [1.29, 1.82) is 0 Å². The van der Waals surface area contributed by atoms with E-state index in [1.807, 2.05) is 25.1 Å². The van der Waals surface area contributed by atoms with E-state index in [1.54, 1.807) is 6.92 Å². The Morgan fingerprint density at radius 2 is 2.10 bits per heavy atom. The van der Waals surface area contributed by atoms with Crippen molar-refractivity contribution in [2.45, 2.75) is 38.8 Å². The lowest BCUT2D eigenvalue weighted by Gasteiger charge is -2.21. The van der Waals surface area contributed by atoms with Crippen LogP contribution in [0.4, 0.5) is 5.69 Å². The second-order valence-corrected chi connectivity index (χ2v) is 5.07. The number of aryl methyl sites for hydroxylation is 1. The monoisotopic (exact) mass is 276 g/mol. The van der Waals surface area contributed by atoms with Crippen LogP contribution < -0.4 is 10.6 Å². The first-order chi connectivity index (χ1) is 9.51. The molecule has 0 aliphatic carbocycles. The van der Waals surface area contributed by atoms with Crippen LogP contribution in [0.5, 0.6) is 0 Å². The fraction of sp³-hybridized carbons (Fsp3) is 0.467. The van der Waals surface area contributed by atoms with Gasteiger partial charge in [0, 0.05) is 19.2 Å². The minimum atomic E-state index is -0.464. The second-order valence-electron chi connectivity index (χ2n) is 5.07. The van der Waals surface area contributed by atoms with Crippen LogP contribution in [-0.2, 0) is 20.7 Å². The number of hydrogen-bond donors (Lipinski definition) is 2. The molecule has 5 nitrogen and oxygen atoms in total. The van der Waals surface area contributed by atoms with Crippen molar-refractivity contribution in [3.63, 3.8) is 0 Å². The van der Waals surface area contributed by atoms with Crippen LogP contribution in [-0.4, -0.2) is 25.0 Å². The lowest BCUT2D eigenvalue weighted by Crippen LogP contribution is -2.35. The molecule has 20 heavy (non-hydrogen) atoms. The number of ether oxygens (including phenoxy) is 1. The largest absolute Gasteiger partial charge is 0.372 e. The van der Waals surface area contributed by atoms with Gasteiger partial charge >= 0.3 is 0 Å². The van der Waals surface area contributed by atoms with Gasteiger partial charge in [0.05, 0.1) is 6.04 Å². The predicted molar refractivity (Wildman–Crippen MR) is 76.4 cm³/mol. The van der Waals surface area contributed by atoms with Crippen molar-refractivity contribution < 1.29 is 14.3 Å². The van der Waals surface area contributed by atoms with Gasteiger partial charge in [-0.25, -0.2) is 0 Å². The van der Waals surface area contributed by atoms with Gasteiger partial charge in [0.2, 0.25) is 11.8 Å². The molecule has 0 fully saturated rings. The van der Waals surface area contributed by atoms with Crippen LogP contribution in [0.15, 0.2) is 18.2 Å². The molecule has 2 amide bonds. The zero-order valence-corrected chi connectivity index (χ0v) is 12.0. The van der Waals surface area contributed by atoms with Crippen molar-refractivity contribution in [3.8, 4) is 0 Å². The minimum Gasteiger partial charge on any atom is -0.372 e. The predicted octanol–water partition coefficient (Wildman–Crippen LogP) is 1.78. The maximum Gasteiger partial charge on any atom is 0.249 e. The molecule has 1 aliphatic heterocycles. The first-order valence-electron chi connectivity index (χ1n) is 6.77. The summed E-state index contributed by atoms with van der Waals surface area (Å²) >= 11 is 0. The normalized spacial score (nSPS) is 16.9. The molecule has 0 radical (unpaired) electrons. The molecular formula is C15H20N2O3. The van der Waals surface area contributed by atoms with E-state index < -0.39 is 6.10 Å². The maximum absolute atomic E-state index is 11.8. The second kappa shape index (κ2) is 6.05. The highest BCUT2D eigenvalue weighted by atomic mass is 16.5. The number of methoxy groups -OCH3 is 1. The quantitative estimate of drug-likeness (QED) is 0.881. The van der Waals surface area contributed by atoms with E-state index in [1.165, 1.54) is 7.11 Å². The van der Waals surface area contributed by atoms with Gasteiger partial charge in [-0.05, 0) is 37.5 Å². The Bertz CT molecular complexity index is 528. The SMILES string of the molecule is CO[C@H](C)C(=O)N[C@H](C)c1ccc2c(c1)CCC(=O)N2. The van der Waals surface area contributed by atoms with E-state index in [0.717, 1.165) is 23.2 Å². The summed E-state index contributed by atoms with van der Waals surface area (Å²) in [5.74, 6) is -0.0773. The molecule has 108 valence electrons. The van der Waals surface area contributed by atoms with Gasteiger partial charge in [0.25, 0.3) is 0 Å². The van der Waals surface area contributed by atoms with Crippen molar-refractivity contribution in [1.82, 2.24) is 5.32 Å². The van der Waals surface area contributed by atoms with Gasteiger partial charge in [-0.2, -0.15) is 0 Å². The Kier molecular flexibility index (Phi) is 4.39. The standard InChI is InChI=1S/C15H20N2O3/c1-9(16-15(19)10(2)20-3)11-4-6-13-12(8-11)5-7-14(18)17-13/h4,6,8-10H,5,7H2,1-3H3,(H,16,19)(H,17,18)/t9-,10-/m1/s1. The molecule has 0 aromatic heterocycles. The van der Waals surface area contributed by atoms with E-state index in [0.29, 0.717) is 6.42 Å². The van der Waals surface area contributed by atoms with E-state index in [-0.39, 0.29) is 17.9 Å². The number of amides is 2. The van der Waals surface area contributed by atoms with Gasteiger partial charge in [-0.3, -0.25) is 9.59 Å². The van der Waals surface area contributed by atoms with E-state index >= 15 is 0 Å². The average molecular weight is 276 g/mol. The molecule has 5 heteroatoms. The number of nitrogens with one attached hydrogen (secondary N) is 2. The molecule has 0 unspecified atom stereocenters. The Balaban J connectivity index is 2.09. The van der Waals surface area contributed by atoms with Crippen LogP contribution in [0.3, 0.4) is 0 Å². The van der Waals surface area contributed by atoms with Crippen molar-refractivity contribution in [2.24, 2.45) is 0 Å². The molecule has 2 N–H and O–H groups in total. The van der Waals surface area contributed by atoms with Gasteiger partial charge < -0.3 is 15.4 Å². The molecule has 1 aromatic rings. The molecule has 0 saturated heterocycles. The van der Waals surface area contributed by atoms with Gasteiger partial charge in [0.15, 0.2) is 0 Å². The molecule has 1 heterocycles. The molecule has 0 saturated carbocycles. The third-order valence-corrected chi connectivity index (χ3v) is 3.61. The van der Waals surface area contributed by atoms with Crippen LogP contribution in [0.2, 0.25) is 0 Å². The van der Waals surface area contributed by atoms with Crippen molar-refractivity contribution >= 4 is 17.5 Å². The molecule has 0 spiro atoms. The number of hydrogen-bond acceptors (Lipinski definition) is 3. The number of rotatable bonds is 4. The Labute approximate surface area is 118 Å². The molecule has 2 atom stereocenters. The summed E-state index contributed by atoms with van der Waals surface area (Å²) in [6, 6.07) is 5.76. The fourth-order valence-electron chi connectivity index (χ4n) is 2.19. The Hall–Kier alpha value is -1.88. The topological polar surface area (TPSA) is 67.4 Å². The first kappa shape index (κ1) is 14.5. The summed E-state index contributed by atoms with van der Waals surface area (Å²) in [5.41, 5.74) is 3.01. The van der Waals surface area contributed by atoms with Gasteiger partial charge in [-0.1, -0.05) is 12.1 Å². The first-order valence-corrected chi connectivity index (χ1v) is 6.77. The lowest BCUT2D eigenvalue weighted by molar-refractivity contribution is -0.130. The molecule has 0 bridgehead atoms. The van der Waals surface area contributed by atoms with Crippen LogP contribution in [0.1, 0.15) is 37.4 Å². The highest BCUT2D eigenvalue weighted by Crippen LogP contribution is 2.26. The molecule has 2 rings (SSSR count). The summed E-state index contributed by atoms with van der Waals surface area (Å²) in [6.07, 6.45) is 0.788. The highest BCUT2D eigenvalue weighted by Gasteiger charge is 2.18. The highest BCUT2D eigenvalue weighted by molar-refractivity contribution is 5.93. The van der Waals surface area contributed by atoms with E-state index in [9.17, 15) is 9.59 Å². The zero-order chi connectivity index (χ0) is 14.7. The summed E-state index contributed by atoms with van der Waals surface area (Å²) in [6.45, 7) is 3.65. The average Bonchev–Trinajstić information content (AvgIpc) is 2.45. The third-order valence-electron chi connectivity index (χ3n) is 3.61. The summed E-state index contributed by atoms with van der Waals surface area (Å²) in [7, 11) is 1.51. The maximum atomic E-state index is 11.8. The van der Waals surface area contributed by atoms with Crippen LogP contribution >= 0.6 is 0 Å². The van der Waals surface area contributed by atoms with Crippen molar-refractivity contribution in [2.75, 3.05) is 12.4 Å². The smallest absolute Gasteiger partial charge is 0.249 e. The van der Waals surface area contributed by atoms with Crippen LogP contribution in [0, 0.1) is 0 Å².